The summed E-state index contributed by atoms with van der Waals surface area (Å²) in [5.41, 5.74) is 3.73. The standard InChI is InChI=1S/C15H17BrOS/c1-10-5-11(2)7-12(6-10)8-13(17)9-15-14(16)3-4-18-15/h3-7,13,17H,8-9H2,1-2H3. The minimum Gasteiger partial charge on any atom is -0.392 e. The summed E-state index contributed by atoms with van der Waals surface area (Å²) >= 11 is 5.19. The van der Waals surface area contributed by atoms with Crippen LogP contribution in [0.5, 0.6) is 0 Å². The van der Waals surface area contributed by atoms with E-state index in [0.29, 0.717) is 12.8 Å². The Morgan fingerprint density at radius 2 is 1.83 bits per heavy atom. The number of hydrogen-bond donors (Lipinski definition) is 1. The van der Waals surface area contributed by atoms with Gasteiger partial charge in [0.25, 0.3) is 0 Å². The monoisotopic (exact) mass is 324 g/mol. The smallest absolute Gasteiger partial charge is 0.0629 e. The SMILES string of the molecule is Cc1cc(C)cc(CC(O)Cc2sccc2Br)c1. The molecule has 2 aromatic rings. The predicted octanol–water partition coefficient (Wildman–Crippen LogP) is 4.27. The minimum absolute atomic E-state index is 0.318. The van der Waals surface area contributed by atoms with Crippen molar-refractivity contribution in [1.29, 1.82) is 0 Å². The lowest BCUT2D eigenvalue weighted by Gasteiger charge is -2.11. The maximum Gasteiger partial charge on any atom is 0.0629 e. The van der Waals surface area contributed by atoms with Gasteiger partial charge in [0, 0.05) is 15.8 Å². The molecule has 2 rings (SSSR count). The zero-order valence-corrected chi connectivity index (χ0v) is 13.0. The van der Waals surface area contributed by atoms with E-state index in [1.165, 1.54) is 21.6 Å². The molecule has 1 aromatic carbocycles. The molecule has 18 heavy (non-hydrogen) atoms. The number of hydrogen-bond acceptors (Lipinski definition) is 2. The Bertz CT molecular complexity index is 513. The number of halogens is 1. The molecule has 1 heterocycles. The van der Waals surface area contributed by atoms with E-state index in [2.05, 4.69) is 48.0 Å². The topological polar surface area (TPSA) is 20.2 Å². The maximum absolute atomic E-state index is 10.2. The Morgan fingerprint density at radius 1 is 1.17 bits per heavy atom. The van der Waals surface area contributed by atoms with Crippen molar-refractivity contribution in [2.75, 3.05) is 0 Å². The van der Waals surface area contributed by atoms with Crippen LogP contribution in [0.3, 0.4) is 0 Å². The summed E-state index contributed by atoms with van der Waals surface area (Å²) in [6.07, 6.45) is 1.11. The van der Waals surface area contributed by atoms with Crippen molar-refractivity contribution in [3.8, 4) is 0 Å². The summed E-state index contributed by atoms with van der Waals surface area (Å²) < 4.78 is 1.10. The van der Waals surface area contributed by atoms with Gasteiger partial charge < -0.3 is 5.11 Å². The van der Waals surface area contributed by atoms with E-state index in [9.17, 15) is 5.11 Å². The molecule has 0 bridgehead atoms. The van der Waals surface area contributed by atoms with Gasteiger partial charge in [0.15, 0.2) is 0 Å². The third-order valence-corrected chi connectivity index (χ3v) is 4.81. The Hall–Kier alpha value is -0.640. The summed E-state index contributed by atoms with van der Waals surface area (Å²) in [6, 6.07) is 8.49. The van der Waals surface area contributed by atoms with Crippen molar-refractivity contribution < 1.29 is 5.11 Å². The second kappa shape index (κ2) is 6.00. The van der Waals surface area contributed by atoms with Gasteiger partial charge in [0.05, 0.1) is 6.10 Å². The van der Waals surface area contributed by atoms with Gasteiger partial charge in [-0.05, 0) is 53.2 Å². The number of thiophene rings is 1. The Labute approximate surface area is 121 Å². The number of aliphatic hydroxyl groups excluding tert-OH is 1. The van der Waals surface area contributed by atoms with Crippen LogP contribution in [-0.4, -0.2) is 11.2 Å². The van der Waals surface area contributed by atoms with Gasteiger partial charge in [-0.2, -0.15) is 0 Å². The molecule has 0 spiro atoms. The average molecular weight is 325 g/mol. The molecule has 1 unspecified atom stereocenters. The molecule has 1 N–H and O–H groups in total. The lowest BCUT2D eigenvalue weighted by Crippen LogP contribution is -2.13. The highest BCUT2D eigenvalue weighted by atomic mass is 79.9. The highest BCUT2D eigenvalue weighted by Crippen LogP contribution is 2.24. The molecule has 96 valence electrons. The van der Waals surface area contributed by atoms with Crippen molar-refractivity contribution in [3.63, 3.8) is 0 Å². The molecule has 0 fully saturated rings. The first-order chi connectivity index (χ1) is 8.54. The Balaban J connectivity index is 2.03. The highest BCUT2D eigenvalue weighted by molar-refractivity contribution is 9.10. The number of rotatable bonds is 4. The second-order valence-corrected chi connectivity index (χ2v) is 6.60. The fraction of sp³-hybridized carbons (Fsp3) is 0.333. The first-order valence-corrected chi connectivity index (χ1v) is 7.69. The fourth-order valence-electron chi connectivity index (χ4n) is 2.22. The number of aryl methyl sites for hydroxylation is 2. The Morgan fingerprint density at radius 3 is 2.39 bits per heavy atom. The van der Waals surface area contributed by atoms with Gasteiger partial charge in [0.2, 0.25) is 0 Å². The number of aliphatic hydroxyl groups is 1. The van der Waals surface area contributed by atoms with Crippen molar-refractivity contribution in [3.05, 3.63) is 55.7 Å². The van der Waals surface area contributed by atoms with E-state index >= 15 is 0 Å². The van der Waals surface area contributed by atoms with E-state index in [1.807, 2.05) is 11.4 Å². The average Bonchev–Trinajstić information content (AvgIpc) is 2.62. The van der Waals surface area contributed by atoms with E-state index in [-0.39, 0.29) is 6.10 Å². The lowest BCUT2D eigenvalue weighted by molar-refractivity contribution is 0.176. The van der Waals surface area contributed by atoms with Crippen LogP contribution in [0.25, 0.3) is 0 Å². The van der Waals surface area contributed by atoms with E-state index in [1.54, 1.807) is 11.3 Å². The van der Waals surface area contributed by atoms with Crippen molar-refractivity contribution in [2.24, 2.45) is 0 Å². The summed E-state index contributed by atoms with van der Waals surface area (Å²) in [7, 11) is 0. The molecule has 0 amide bonds. The zero-order valence-electron chi connectivity index (χ0n) is 10.6. The molecule has 1 atom stereocenters. The van der Waals surface area contributed by atoms with Crippen LogP contribution in [-0.2, 0) is 12.8 Å². The Kier molecular flexibility index (Phi) is 4.60. The third kappa shape index (κ3) is 3.67. The molecule has 0 aliphatic heterocycles. The molecule has 0 saturated carbocycles. The molecule has 0 radical (unpaired) electrons. The van der Waals surface area contributed by atoms with E-state index < -0.39 is 0 Å². The van der Waals surface area contributed by atoms with Crippen molar-refractivity contribution in [1.82, 2.24) is 0 Å². The summed E-state index contributed by atoms with van der Waals surface area (Å²) in [4.78, 5) is 1.21. The zero-order chi connectivity index (χ0) is 13.1. The molecule has 0 aliphatic carbocycles. The quantitative estimate of drug-likeness (QED) is 0.890. The van der Waals surface area contributed by atoms with Gasteiger partial charge in [-0.15, -0.1) is 11.3 Å². The van der Waals surface area contributed by atoms with Crippen LogP contribution >= 0.6 is 27.3 Å². The molecular weight excluding hydrogens is 308 g/mol. The molecule has 0 aliphatic rings. The molecule has 1 aromatic heterocycles. The maximum atomic E-state index is 10.2. The molecule has 3 heteroatoms. The highest BCUT2D eigenvalue weighted by Gasteiger charge is 2.10. The lowest BCUT2D eigenvalue weighted by atomic mass is 10.0. The second-order valence-electron chi connectivity index (χ2n) is 4.75. The minimum atomic E-state index is -0.318. The van der Waals surface area contributed by atoms with Gasteiger partial charge in [-0.25, -0.2) is 0 Å². The molecule has 0 saturated heterocycles. The third-order valence-electron chi connectivity index (χ3n) is 2.86. The first kappa shape index (κ1) is 13.8. The molecule has 1 nitrogen and oxygen atoms in total. The number of benzene rings is 1. The van der Waals surface area contributed by atoms with E-state index in [0.717, 1.165) is 4.47 Å². The molecular formula is C15H17BrOS. The predicted molar refractivity (Wildman–Crippen MR) is 81.3 cm³/mol. The van der Waals surface area contributed by atoms with Crippen LogP contribution in [0.1, 0.15) is 21.6 Å². The first-order valence-electron chi connectivity index (χ1n) is 6.01. The van der Waals surface area contributed by atoms with Crippen LogP contribution < -0.4 is 0 Å². The van der Waals surface area contributed by atoms with Crippen LogP contribution in [0.15, 0.2) is 34.1 Å². The van der Waals surface area contributed by atoms with Crippen LogP contribution in [0.2, 0.25) is 0 Å². The van der Waals surface area contributed by atoms with Gasteiger partial charge >= 0.3 is 0 Å². The fourth-order valence-corrected chi connectivity index (χ4v) is 3.80. The van der Waals surface area contributed by atoms with Crippen LogP contribution in [0, 0.1) is 13.8 Å². The normalized spacial score (nSPS) is 12.7. The van der Waals surface area contributed by atoms with Gasteiger partial charge in [0.1, 0.15) is 0 Å². The van der Waals surface area contributed by atoms with Crippen molar-refractivity contribution in [2.45, 2.75) is 32.8 Å². The van der Waals surface area contributed by atoms with Gasteiger partial charge in [-0.3, -0.25) is 0 Å². The van der Waals surface area contributed by atoms with E-state index in [4.69, 9.17) is 0 Å². The van der Waals surface area contributed by atoms with Crippen molar-refractivity contribution >= 4 is 27.3 Å². The van der Waals surface area contributed by atoms with Gasteiger partial charge in [-0.1, -0.05) is 29.3 Å². The summed E-state index contributed by atoms with van der Waals surface area (Å²) in [6.45, 7) is 4.19. The largest absolute Gasteiger partial charge is 0.392 e. The summed E-state index contributed by atoms with van der Waals surface area (Å²) in [5.74, 6) is 0. The summed E-state index contributed by atoms with van der Waals surface area (Å²) in [5, 5.41) is 12.2. The van der Waals surface area contributed by atoms with Crippen LogP contribution in [0.4, 0.5) is 0 Å².